The van der Waals surface area contributed by atoms with E-state index in [0.29, 0.717) is 0 Å². The van der Waals surface area contributed by atoms with Gasteiger partial charge in [-0.15, -0.1) is 0 Å². The summed E-state index contributed by atoms with van der Waals surface area (Å²) in [5.74, 6) is 0. The zero-order valence-electron chi connectivity index (χ0n) is 24.5. The van der Waals surface area contributed by atoms with Gasteiger partial charge in [0.1, 0.15) is 0 Å². The number of methoxy groups -OCH3 is 1. The van der Waals surface area contributed by atoms with Crippen molar-refractivity contribution in [3.63, 3.8) is 0 Å². The zero-order chi connectivity index (χ0) is 29.5. The molecule has 0 aliphatic carbocycles. The molecule has 0 aliphatic heterocycles. The molecule has 0 aromatic heterocycles. The Morgan fingerprint density at radius 2 is 0.909 bits per heavy atom. The van der Waals surface area contributed by atoms with Crippen molar-refractivity contribution in [1.29, 1.82) is 0 Å². The normalized spacial score (nSPS) is 11.7. The van der Waals surface area contributed by atoms with Gasteiger partial charge in [-0.3, -0.25) is 0 Å². The summed E-state index contributed by atoms with van der Waals surface area (Å²) in [5.41, 5.74) is 8.45. The summed E-state index contributed by atoms with van der Waals surface area (Å²) in [6.45, 7) is 0. The van der Waals surface area contributed by atoms with Crippen LogP contribution >= 0.6 is 0 Å². The first-order chi connectivity index (χ1) is 21.8. The minimum atomic E-state index is 1.12. The second kappa shape index (κ2) is 10.9. The summed E-state index contributed by atoms with van der Waals surface area (Å²) < 4.78 is 5.28. The smallest absolute Gasteiger partial charge is 0.0830 e. The van der Waals surface area contributed by atoms with E-state index in [1.165, 1.54) is 76.5 Å². The van der Waals surface area contributed by atoms with E-state index in [-0.39, 0.29) is 0 Å². The maximum Gasteiger partial charge on any atom is 0.0830 e. The van der Waals surface area contributed by atoms with Gasteiger partial charge in [0.2, 0.25) is 0 Å². The van der Waals surface area contributed by atoms with Crippen LogP contribution in [0.5, 0.6) is 0 Å². The SMILES string of the molecule is COC=Cc1ccccc1-c1ccc2c(-c3ccc4ccccc4c3)c3ccccc3c(-c3ccc4ccccc4c3)c2c1. The third-order valence-electron chi connectivity index (χ3n) is 8.76. The molecule has 44 heavy (non-hydrogen) atoms. The highest BCUT2D eigenvalue weighted by atomic mass is 16.5. The molecule has 0 heterocycles. The van der Waals surface area contributed by atoms with Gasteiger partial charge >= 0.3 is 0 Å². The molecule has 0 amide bonds. The van der Waals surface area contributed by atoms with Crippen molar-refractivity contribution in [2.45, 2.75) is 0 Å². The largest absolute Gasteiger partial charge is 0.504 e. The molecule has 0 saturated heterocycles. The Kier molecular flexibility index (Phi) is 6.43. The maximum absolute atomic E-state index is 5.28. The van der Waals surface area contributed by atoms with Crippen molar-refractivity contribution in [2.24, 2.45) is 0 Å². The Hall–Kier alpha value is -5.66. The van der Waals surface area contributed by atoms with E-state index in [1.807, 2.05) is 6.08 Å². The zero-order valence-corrected chi connectivity index (χ0v) is 24.5. The van der Waals surface area contributed by atoms with Crippen LogP contribution in [-0.4, -0.2) is 7.11 Å². The lowest BCUT2D eigenvalue weighted by Gasteiger charge is -2.19. The number of benzene rings is 8. The highest BCUT2D eigenvalue weighted by Gasteiger charge is 2.18. The molecule has 0 unspecified atom stereocenters. The van der Waals surface area contributed by atoms with Gasteiger partial charge < -0.3 is 4.74 Å². The predicted octanol–water partition coefficient (Wildman–Crippen LogP) is 11.9. The van der Waals surface area contributed by atoms with E-state index in [1.54, 1.807) is 13.4 Å². The number of ether oxygens (including phenoxy) is 1. The molecule has 0 aliphatic rings. The molecule has 8 aromatic carbocycles. The Morgan fingerprint density at radius 3 is 1.55 bits per heavy atom. The number of hydrogen-bond donors (Lipinski definition) is 0. The molecular weight excluding hydrogens is 532 g/mol. The average Bonchev–Trinajstić information content (AvgIpc) is 3.09. The fourth-order valence-electron chi connectivity index (χ4n) is 6.70. The van der Waals surface area contributed by atoms with E-state index in [4.69, 9.17) is 4.74 Å². The molecule has 0 radical (unpaired) electrons. The van der Waals surface area contributed by atoms with Gasteiger partial charge in [-0.1, -0.05) is 133 Å². The van der Waals surface area contributed by atoms with Gasteiger partial charge in [-0.2, -0.15) is 0 Å². The quantitative estimate of drug-likeness (QED) is 0.150. The lowest BCUT2D eigenvalue weighted by atomic mass is 9.84. The average molecular weight is 563 g/mol. The summed E-state index contributed by atoms with van der Waals surface area (Å²) in [4.78, 5) is 0. The Bertz CT molecular complexity index is 2380. The summed E-state index contributed by atoms with van der Waals surface area (Å²) >= 11 is 0. The standard InChI is InChI=1S/C43H30O/c1-44-25-24-31-12-6-7-15-37(31)34-22-23-40-41(28-34)43(36-21-19-30-11-3-5-14-33(30)27-36)39-17-9-8-16-38(39)42(40)35-20-18-29-10-2-4-13-32(29)26-35/h2-28H,1H3. The summed E-state index contributed by atoms with van der Waals surface area (Å²) in [5, 5.41) is 9.99. The van der Waals surface area contributed by atoms with Crippen molar-refractivity contribution in [1.82, 2.24) is 0 Å². The lowest BCUT2D eigenvalue weighted by molar-refractivity contribution is 0.341. The van der Waals surface area contributed by atoms with Gasteiger partial charge in [0.15, 0.2) is 0 Å². The second-order valence-corrected chi connectivity index (χ2v) is 11.3. The molecule has 0 spiro atoms. The first kappa shape index (κ1) is 26.0. The second-order valence-electron chi connectivity index (χ2n) is 11.3. The topological polar surface area (TPSA) is 9.23 Å². The molecule has 1 nitrogen and oxygen atoms in total. The fraction of sp³-hybridized carbons (Fsp3) is 0.0233. The number of fused-ring (bicyclic) bond motifs is 4. The van der Waals surface area contributed by atoms with E-state index >= 15 is 0 Å². The van der Waals surface area contributed by atoms with Crippen LogP contribution in [0.4, 0.5) is 0 Å². The van der Waals surface area contributed by atoms with Crippen LogP contribution in [-0.2, 0) is 4.74 Å². The molecule has 8 rings (SSSR count). The van der Waals surface area contributed by atoms with E-state index in [0.717, 1.165) is 5.56 Å². The van der Waals surface area contributed by atoms with Gasteiger partial charge in [0.25, 0.3) is 0 Å². The highest BCUT2D eigenvalue weighted by molar-refractivity contribution is 6.22. The van der Waals surface area contributed by atoms with Gasteiger partial charge in [0, 0.05) is 0 Å². The van der Waals surface area contributed by atoms with Crippen molar-refractivity contribution in [3.05, 3.63) is 163 Å². The van der Waals surface area contributed by atoms with Gasteiger partial charge in [0.05, 0.1) is 13.4 Å². The van der Waals surface area contributed by atoms with E-state index in [2.05, 4.69) is 152 Å². The number of hydrogen-bond acceptors (Lipinski definition) is 1. The molecule has 8 aromatic rings. The molecule has 0 saturated carbocycles. The molecule has 208 valence electrons. The minimum absolute atomic E-state index is 1.12. The van der Waals surface area contributed by atoms with Crippen molar-refractivity contribution >= 4 is 49.2 Å². The van der Waals surface area contributed by atoms with Crippen LogP contribution in [0.25, 0.3) is 82.5 Å². The van der Waals surface area contributed by atoms with Crippen molar-refractivity contribution in [2.75, 3.05) is 7.11 Å². The Balaban J connectivity index is 1.49. The van der Waals surface area contributed by atoms with E-state index < -0.39 is 0 Å². The van der Waals surface area contributed by atoms with Crippen molar-refractivity contribution < 1.29 is 4.74 Å². The third-order valence-corrected chi connectivity index (χ3v) is 8.76. The fourth-order valence-corrected chi connectivity index (χ4v) is 6.70. The lowest BCUT2D eigenvalue weighted by Crippen LogP contribution is -1.92. The predicted molar refractivity (Wildman–Crippen MR) is 189 cm³/mol. The number of rotatable bonds is 5. The minimum Gasteiger partial charge on any atom is -0.504 e. The molecule has 0 bridgehead atoms. The first-order valence-electron chi connectivity index (χ1n) is 15.0. The van der Waals surface area contributed by atoms with Crippen LogP contribution in [0.15, 0.2) is 158 Å². The first-order valence-corrected chi connectivity index (χ1v) is 15.0. The monoisotopic (exact) mass is 562 g/mol. The molecule has 1 heteroatoms. The van der Waals surface area contributed by atoms with Crippen LogP contribution < -0.4 is 0 Å². The van der Waals surface area contributed by atoms with Gasteiger partial charge in [-0.05, 0) is 106 Å². The van der Waals surface area contributed by atoms with Crippen molar-refractivity contribution in [3.8, 4) is 33.4 Å². The molecule has 0 N–H and O–H groups in total. The third kappa shape index (κ3) is 4.42. The van der Waals surface area contributed by atoms with Crippen LogP contribution in [0.1, 0.15) is 5.56 Å². The van der Waals surface area contributed by atoms with Crippen LogP contribution in [0.2, 0.25) is 0 Å². The van der Waals surface area contributed by atoms with Crippen LogP contribution in [0.3, 0.4) is 0 Å². The molecular formula is C43H30O. The summed E-state index contributed by atoms with van der Waals surface area (Å²) in [6, 6.07) is 55.3. The Morgan fingerprint density at radius 1 is 0.409 bits per heavy atom. The van der Waals surface area contributed by atoms with E-state index in [9.17, 15) is 0 Å². The Labute approximate surface area is 257 Å². The summed E-state index contributed by atoms with van der Waals surface area (Å²) in [6.07, 6.45) is 3.77. The maximum atomic E-state index is 5.28. The summed E-state index contributed by atoms with van der Waals surface area (Å²) in [7, 11) is 1.68. The van der Waals surface area contributed by atoms with Gasteiger partial charge in [-0.25, -0.2) is 0 Å². The highest BCUT2D eigenvalue weighted by Crippen LogP contribution is 2.46. The van der Waals surface area contributed by atoms with Crippen LogP contribution in [0, 0.1) is 0 Å². The molecule has 0 atom stereocenters. The molecule has 0 fully saturated rings.